The summed E-state index contributed by atoms with van der Waals surface area (Å²) in [5.41, 5.74) is 3.52. The van der Waals surface area contributed by atoms with Gasteiger partial charge in [-0.3, -0.25) is 14.5 Å². The molecular formula is C20H20ClN3O2S. The number of rotatable bonds is 4. The van der Waals surface area contributed by atoms with E-state index in [0.29, 0.717) is 10.2 Å². The van der Waals surface area contributed by atoms with Crippen LogP contribution in [-0.2, 0) is 9.59 Å². The molecule has 7 heteroatoms. The van der Waals surface area contributed by atoms with E-state index < -0.39 is 5.25 Å². The van der Waals surface area contributed by atoms with Gasteiger partial charge in [0.25, 0.3) is 0 Å². The molecular weight excluding hydrogens is 382 g/mol. The zero-order chi connectivity index (χ0) is 19.6. The van der Waals surface area contributed by atoms with Gasteiger partial charge >= 0.3 is 0 Å². The second-order valence-corrected chi connectivity index (χ2v) is 8.05. The number of thioether (sulfide) groups is 1. The molecule has 1 fully saturated rings. The van der Waals surface area contributed by atoms with Crippen LogP contribution in [0.4, 0.5) is 11.4 Å². The Morgan fingerprint density at radius 1 is 1.22 bits per heavy atom. The number of carbonyl (C=O) groups is 2. The van der Waals surface area contributed by atoms with Gasteiger partial charge in [0.2, 0.25) is 11.8 Å². The maximum Gasteiger partial charge on any atom is 0.242 e. The van der Waals surface area contributed by atoms with Gasteiger partial charge in [0.1, 0.15) is 5.25 Å². The number of anilines is 1. The summed E-state index contributed by atoms with van der Waals surface area (Å²) in [6.07, 6.45) is 0.0925. The highest BCUT2D eigenvalue weighted by molar-refractivity contribution is 8.15. The Morgan fingerprint density at radius 3 is 2.63 bits per heavy atom. The molecule has 5 nitrogen and oxygen atoms in total. The molecule has 0 aliphatic carbocycles. The van der Waals surface area contributed by atoms with Crippen molar-refractivity contribution in [1.82, 2.24) is 4.90 Å². The average molecular weight is 402 g/mol. The Labute approximate surface area is 167 Å². The number of halogens is 1. The summed E-state index contributed by atoms with van der Waals surface area (Å²) in [4.78, 5) is 30.9. The first kappa shape index (κ1) is 19.5. The predicted octanol–water partition coefficient (Wildman–Crippen LogP) is 4.55. The zero-order valence-corrected chi connectivity index (χ0v) is 16.9. The molecule has 3 rings (SSSR count). The zero-order valence-electron chi connectivity index (χ0n) is 15.3. The van der Waals surface area contributed by atoms with Crippen molar-refractivity contribution in [2.75, 3.05) is 12.4 Å². The smallest absolute Gasteiger partial charge is 0.242 e. The van der Waals surface area contributed by atoms with Gasteiger partial charge < -0.3 is 5.32 Å². The number of hydrogen-bond donors (Lipinski definition) is 1. The minimum Gasteiger partial charge on any atom is -0.326 e. The third-order valence-electron chi connectivity index (χ3n) is 4.23. The third kappa shape index (κ3) is 4.70. The molecule has 140 valence electrons. The molecule has 0 unspecified atom stereocenters. The number of nitrogens with one attached hydrogen (secondary N) is 1. The molecule has 0 radical (unpaired) electrons. The SMILES string of the molecule is Cc1ccc(NC(=O)C[C@@H]2SC(=Nc3cc(Cl)ccc3C)N(C)C2=O)cc1. The molecule has 2 amide bonds. The summed E-state index contributed by atoms with van der Waals surface area (Å²) in [6.45, 7) is 3.92. The van der Waals surface area contributed by atoms with Crippen LogP contribution in [0.15, 0.2) is 47.5 Å². The Kier molecular flexibility index (Phi) is 5.87. The van der Waals surface area contributed by atoms with Crippen molar-refractivity contribution in [3.63, 3.8) is 0 Å². The lowest BCUT2D eigenvalue weighted by molar-refractivity contribution is -0.127. The topological polar surface area (TPSA) is 61.8 Å². The van der Waals surface area contributed by atoms with Gasteiger partial charge in [-0.1, -0.05) is 47.1 Å². The average Bonchev–Trinajstić information content (AvgIpc) is 2.88. The Morgan fingerprint density at radius 2 is 1.93 bits per heavy atom. The van der Waals surface area contributed by atoms with E-state index >= 15 is 0 Å². The summed E-state index contributed by atoms with van der Waals surface area (Å²) < 4.78 is 0. The van der Waals surface area contributed by atoms with Gasteiger partial charge in [-0.25, -0.2) is 4.99 Å². The van der Waals surface area contributed by atoms with Crippen molar-refractivity contribution in [2.24, 2.45) is 4.99 Å². The summed E-state index contributed by atoms with van der Waals surface area (Å²) >= 11 is 7.34. The Balaban J connectivity index is 1.70. The minimum absolute atomic E-state index is 0.0925. The molecule has 1 saturated heterocycles. The van der Waals surface area contributed by atoms with E-state index in [1.165, 1.54) is 16.7 Å². The van der Waals surface area contributed by atoms with Crippen molar-refractivity contribution in [2.45, 2.75) is 25.5 Å². The van der Waals surface area contributed by atoms with Crippen LogP contribution in [0.2, 0.25) is 5.02 Å². The number of benzene rings is 2. The largest absolute Gasteiger partial charge is 0.326 e. The van der Waals surface area contributed by atoms with Gasteiger partial charge in [-0.15, -0.1) is 0 Å². The Hall–Kier alpha value is -2.31. The second kappa shape index (κ2) is 8.15. The molecule has 1 heterocycles. The number of aliphatic imine (C=N–C) groups is 1. The van der Waals surface area contributed by atoms with Crippen LogP contribution in [0.3, 0.4) is 0 Å². The van der Waals surface area contributed by atoms with Crippen LogP contribution in [0.5, 0.6) is 0 Å². The number of carbonyl (C=O) groups excluding carboxylic acids is 2. The second-order valence-electron chi connectivity index (χ2n) is 6.45. The van der Waals surface area contributed by atoms with Gasteiger partial charge in [0.15, 0.2) is 5.17 Å². The van der Waals surface area contributed by atoms with Crippen molar-refractivity contribution >= 4 is 51.7 Å². The molecule has 1 atom stereocenters. The lowest BCUT2D eigenvalue weighted by Crippen LogP contribution is -2.30. The molecule has 0 spiro atoms. The van der Waals surface area contributed by atoms with Gasteiger partial charge in [0.05, 0.1) is 5.69 Å². The molecule has 27 heavy (non-hydrogen) atoms. The molecule has 1 aliphatic heterocycles. The predicted molar refractivity (Wildman–Crippen MR) is 112 cm³/mol. The fourth-order valence-corrected chi connectivity index (χ4v) is 3.93. The first-order valence-corrected chi connectivity index (χ1v) is 9.75. The van der Waals surface area contributed by atoms with E-state index in [9.17, 15) is 9.59 Å². The van der Waals surface area contributed by atoms with Gasteiger partial charge in [-0.05, 0) is 43.7 Å². The molecule has 1 N–H and O–H groups in total. The molecule has 0 bridgehead atoms. The van der Waals surface area contributed by atoms with Crippen LogP contribution in [-0.4, -0.2) is 34.2 Å². The lowest BCUT2D eigenvalue weighted by Gasteiger charge is -2.10. The van der Waals surface area contributed by atoms with Crippen LogP contribution in [0.1, 0.15) is 17.5 Å². The summed E-state index contributed by atoms with van der Waals surface area (Å²) in [5, 5.41) is 3.50. The molecule has 2 aromatic rings. The molecule has 2 aromatic carbocycles. The molecule has 0 aromatic heterocycles. The maximum absolute atomic E-state index is 12.5. The van der Waals surface area contributed by atoms with E-state index in [4.69, 9.17) is 11.6 Å². The first-order chi connectivity index (χ1) is 12.8. The summed E-state index contributed by atoms with van der Waals surface area (Å²) in [5.74, 6) is -0.323. The Bertz CT molecular complexity index is 912. The normalized spacial score (nSPS) is 18.2. The van der Waals surface area contributed by atoms with Crippen LogP contribution in [0.25, 0.3) is 0 Å². The fourth-order valence-electron chi connectivity index (χ4n) is 2.62. The maximum atomic E-state index is 12.5. The number of amidine groups is 1. The third-order valence-corrected chi connectivity index (χ3v) is 5.70. The van der Waals surface area contributed by atoms with Gasteiger partial charge in [-0.2, -0.15) is 0 Å². The number of nitrogens with zero attached hydrogens (tertiary/aromatic N) is 2. The molecule has 1 aliphatic rings. The van der Waals surface area contributed by atoms with E-state index in [-0.39, 0.29) is 18.2 Å². The number of hydrogen-bond acceptors (Lipinski definition) is 4. The van der Waals surface area contributed by atoms with E-state index in [1.54, 1.807) is 19.2 Å². The molecule has 0 saturated carbocycles. The van der Waals surface area contributed by atoms with Crippen molar-refractivity contribution in [3.8, 4) is 0 Å². The van der Waals surface area contributed by atoms with E-state index in [1.807, 2.05) is 44.2 Å². The lowest BCUT2D eigenvalue weighted by atomic mass is 10.2. The first-order valence-electron chi connectivity index (χ1n) is 8.49. The number of amides is 2. The highest BCUT2D eigenvalue weighted by atomic mass is 35.5. The highest BCUT2D eigenvalue weighted by Crippen LogP contribution is 2.32. The summed E-state index contributed by atoms with van der Waals surface area (Å²) in [7, 11) is 1.67. The fraction of sp³-hybridized carbons (Fsp3) is 0.250. The van der Waals surface area contributed by atoms with Crippen molar-refractivity contribution in [1.29, 1.82) is 0 Å². The van der Waals surface area contributed by atoms with Gasteiger partial charge in [0, 0.05) is 24.2 Å². The quantitative estimate of drug-likeness (QED) is 0.817. The van der Waals surface area contributed by atoms with Crippen LogP contribution in [0, 0.1) is 13.8 Å². The van der Waals surface area contributed by atoms with E-state index in [2.05, 4.69) is 10.3 Å². The monoisotopic (exact) mass is 401 g/mol. The minimum atomic E-state index is -0.487. The summed E-state index contributed by atoms with van der Waals surface area (Å²) in [6, 6.07) is 13.0. The van der Waals surface area contributed by atoms with Crippen molar-refractivity contribution in [3.05, 3.63) is 58.6 Å². The highest BCUT2D eigenvalue weighted by Gasteiger charge is 2.37. The van der Waals surface area contributed by atoms with Crippen LogP contribution >= 0.6 is 23.4 Å². The van der Waals surface area contributed by atoms with Crippen LogP contribution < -0.4 is 5.32 Å². The standard InChI is InChI=1S/C20H20ClN3O2S/c1-12-4-8-15(9-5-12)22-18(25)11-17-19(26)24(3)20(27-17)23-16-10-14(21)7-6-13(16)2/h4-10,17H,11H2,1-3H3,(H,22,25)/t17-/m0/s1. The van der Waals surface area contributed by atoms with Crippen molar-refractivity contribution < 1.29 is 9.59 Å². The van der Waals surface area contributed by atoms with E-state index in [0.717, 1.165) is 22.5 Å². The number of aryl methyl sites for hydroxylation is 2.